The van der Waals surface area contributed by atoms with E-state index in [0.29, 0.717) is 13.2 Å². The van der Waals surface area contributed by atoms with Crippen LogP contribution in [0.15, 0.2) is 12.7 Å². The summed E-state index contributed by atoms with van der Waals surface area (Å²) >= 11 is 0. The molecule has 0 saturated heterocycles. The third-order valence-corrected chi connectivity index (χ3v) is 3.26. The standard InChI is InChI=1S/C15H28N2O3/c1-6-10-17(11-14(18)20-9-4)12(5)15(19)16-13(7-2)8-3/h6,12-13H,1,7-11H2,2-5H3,(H,16,19). The van der Waals surface area contributed by atoms with Gasteiger partial charge in [0.15, 0.2) is 0 Å². The number of rotatable bonds is 10. The largest absolute Gasteiger partial charge is 0.465 e. The van der Waals surface area contributed by atoms with Gasteiger partial charge in [-0.05, 0) is 26.7 Å². The molecule has 0 spiro atoms. The highest BCUT2D eigenvalue weighted by Crippen LogP contribution is 2.03. The third-order valence-electron chi connectivity index (χ3n) is 3.26. The summed E-state index contributed by atoms with van der Waals surface area (Å²) in [6.07, 6.45) is 3.47. The Labute approximate surface area is 122 Å². The summed E-state index contributed by atoms with van der Waals surface area (Å²) in [7, 11) is 0. The first-order chi connectivity index (χ1) is 9.49. The summed E-state index contributed by atoms with van der Waals surface area (Å²) < 4.78 is 4.93. The van der Waals surface area contributed by atoms with E-state index >= 15 is 0 Å². The van der Waals surface area contributed by atoms with Gasteiger partial charge < -0.3 is 10.1 Å². The van der Waals surface area contributed by atoms with E-state index in [1.807, 2.05) is 13.8 Å². The fraction of sp³-hybridized carbons (Fsp3) is 0.733. The van der Waals surface area contributed by atoms with E-state index in [2.05, 4.69) is 11.9 Å². The first-order valence-corrected chi connectivity index (χ1v) is 7.30. The van der Waals surface area contributed by atoms with Crippen molar-refractivity contribution in [2.75, 3.05) is 19.7 Å². The van der Waals surface area contributed by atoms with Crippen molar-refractivity contribution >= 4 is 11.9 Å². The van der Waals surface area contributed by atoms with Crippen LogP contribution in [0.5, 0.6) is 0 Å². The van der Waals surface area contributed by atoms with E-state index in [1.54, 1.807) is 24.8 Å². The van der Waals surface area contributed by atoms with Gasteiger partial charge in [0.1, 0.15) is 0 Å². The van der Waals surface area contributed by atoms with Crippen LogP contribution >= 0.6 is 0 Å². The van der Waals surface area contributed by atoms with Crippen LogP contribution < -0.4 is 5.32 Å². The molecule has 0 aromatic rings. The van der Waals surface area contributed by atoms with Gasteiger partial charge in [0, 0.05) is 12.6 Å². The highest BCUT2D eigenvalue weighted by atomic mass is 16.5. The number of esters is 1. The maximum Gasteiger partial charge on any atom is 0.320 e. The first-order valence-electron chi connectivity index (χ1n) is 7.30. The lowest BCUT2D eigenvalue weighted by Crippen LogP contribution is -2.49. The van der Waals surface area contributed by atoms with Gasteiger partial charge >= 0.3 is 5.97 Å². The SMILES string of the molecule is C=CCN(CC(=O)OCC)C(C)C(=O)NC(CC)CC. The predicted octanol–water partition coefficient (Wildman–Crippen LogP) is 1.73. The van der Waals surface area contributed by atoms with Gasteiger partial charge in [-0.3, -0.25) is 14.5 Å². The second-order valence-electron chi connectivity index (χ2n) is 4.72. The molecule has 0 aliphatic heterocycles. The van der Waals surface area contributed by atoms with Gasteiger partial charge in [-0.15, -0.1) is 6.58 Å². The van der Waals surface area contributed by atoms with Gasteiger partial charge in [0.25, 0.3) is 0 Å². The van der Waals surface area contributed by atoms with E-state index < -0.39 is 6.04 Å². The Hall–Kier alpha value is -1.36. The number of ether oxygens (including phenoxy) is 1. The number of amides is 1. The molecule has 0 rings (SSSR count). The summed E-state index contributed by atoms with van der Waals surface area (Å²) in [6.45, 7) is 12.2. The lowest BCUT2D eigenvalue weighted by molar-refractivity contribution is -0.145. The number of nitrogens with one attached hydrogen (secondary N) is 1. The van der Waals surface area contributed by atoms with Crippen molar-refractivity contribution in [3.05, 3.63) is 12.7 Å². The van der Waals surface area contributed by atoms with Crippen LogP contribution in [0.1, 0.15) is 40.5 Å². The Balaban J connectivity index is 4.60. The molecule has 0 aromatic carbocycles. The van der Waals surface area contributed by atoms with Crippen LogP contribution in [0, 0.1) is 0 Å². The van der Waals surface area contributed by atoms with Crippen LogP contribution in [0.4, 0.5) is 0 Å². The molecule has 0 aromatic heterocycles. The minimum Gasteiger partial charge on any atom is -0.465 e. The van der Waals surface area contributed by atoms with Crippen LogP contribution in [-0.4, -0.2) is 48.6 Å². The molecule has 1 unspecified atom stereocenters. The summed E-state index contributed by atoms with van der Waals surface area (Å²) in [4.78, 5) is 25.5. The van der Waals surface area contributed by atoms with Crippen LogP contribution in [-0.2, 0) is 14.3 Å². The van der Waals surface area contributed by atoms with Crippen molar-refractivity contribution in [2.24, 2.45) is 0 Å². The molecule has 0 fully saturated rings. The fourth-order valence-corrected chi connectivity index (χ4v) is 1.88. The zero-order valence-corrected chi connectivity index (χ0v) is 13.1. The van der Waals surface area contributed by atoms with E-state index in [9.17, 15) is 9.59 Å². The lowest BCUT2D eigenvalue weighted by Gasteiger charge is -2.27. The van der Waals surface area contributed by atoms with Crippen molar-refractivity contribution in [1.82, 2.24) is 10.2 Å². The zero-order chi connectivity index (χ0) is 15.5. The molecule has 116 valence electrons. The maximum atomic E-state index is 12.2. The molecule has 1 amide bonds. The summed E-state index contributed by atoms with van der Waals surface area (Å²) in [5.41, 5.74) is 0. The van der Waals surface area contributed by atoms with Gasteiger partial charge in [0.05, 0.1) is 19.2 Å². The fourth-order valence-electron chi connectivity index (χ4n) is 1.88. The average Bonchev–Trinajstić information content (AvgIpc) is 2.43. The third kappa shape index (κ3) is 6.70. The molecule has 1 atom stereocenters. The van der Waals surface area contributed by atoms with E-state index in [4.69, 9.17) is 4.74 Å². The molecule has 0 radical (unpaired) electrons. The van der Waals surface area contributed by atoms with Gasteiger partial charge in [-0.2, -0.15) is 0 Å². The number of hydrogen-bond acceptors (Lipinski definition) is 4. The Morgan fingerprint density at radius 3 is 2.35 bits per heavy atom. The van der Waals surface area contributed by atoms with Crippen molar-refractivity contribution in [3.8, 4) is 0 Å². The van der Waals surface area contributed by atoms with Crippen LogP contribution in [0.25, 0.3) is 0 Å². The summed E-state index contributed by atoms with van der Waals surface area (Å²) in [5.74, 6) is -0.388. The molecule has 5 nitrogen and oxygen atoms in total. The Morgan fingerprint density at radius 2 is 1.90 bits per heavy atom. The predicted molar refractivity (Wildman–Crippen MR) is 80.4 cm³/mol. The molecule has 0 bridgehead atoms. The maximum absolute atomic E-state index is 12.2. The van der Waals surface area contributed by atoms with E-state index in [0.717, 1.165) is 12.8 Å². The molecule has 5 heteroatoms. The second kappa shape index (κ2) is 10.4. The highest BCUT2D eigenvalue weighted by Gasteiger charge is 2.24. The smallest absolute Gasteiger partial charge is 0.320 e. The highest BCUT2D eigenvalue weighted by molar-refractivity contribution is 5.82. The van der Waals surface area contributed by atoms with Crippen molar-refractivity contribution in [1.29, 1.82) is 0 Å². The molecule has 0 saturated carbocycles. The Morgan fingerprint density at radius 1 is 1.30 bits per heavy atom. The Kier molecular flexibility index (Phi) is 9.72. The topological polar surface area (TPSA) is 58.6 Å². The van der Waals surface area contributed by atoms with E-state index in [1.165, 1.54) is 0 Å². The Bertz CT molecular complexity index is 314. The van der Waals surface area contributed by atoms with E-state index in [-0.39, 0.29) is 24.5 Å². The second-order valence-corrected chi connectivity index (χ2v) is 4.72. The quantitative estimate of drug-likeness (QED) is 0.490. The van der Waals surface area contributed by atoms with Crippen molar-refractivity contribution < 1.29 is 14.3 Å². The molecule has 0 aliphatic rings. The first kappa shape index (κ1) is 18.6. The molecular weight excluding hydrogens is 256 g/mol. The monoisotopic (exact) mass is 284 g/mol. The number of hydrogen-bond donors (Lipinski definition) is 1. The number of nitrogens with zero attached hydrogens (tertiary/aromatic N) is 1. The van der Waals surface area contributed by atoms with Gasteiger partial charge in [0.2, 0.25) is 5.91 Å². The molecular formula is C15H28N2O3. The summed E-state index contributed by atoms with van der Waals surface area (Å²) in [6, 6.07) is -0.212. The summed E-state index contributed by atoms with van der Waals surface area (Å²) in [5, 5.41) is 2.99. The van der Waals surface area contributed by atoms with Crippen LogP contribution in [0.3, 0.4) is 0 Å². The minimum atomic E-state index is -0.391. The minimum absolute atomic E-state index is 0.0650. The normalized spacial score (nSPS) is 12.3. The van der Waals surface area contributed by atoms with Gasteiger partial charge in [-0.1, -0.05) is 19.9 Å². The number of carbonyl (C=O) groups is 2. The zero-order valence-electron chi connectivity index (χ0n) is 13.1. The molecule has 0 heterocycles. The van der Waals surface area contributed by atoms with Gasteiger partial charge in [-0.25, -0.2) is 0 Å². The number of carbonyl (C=O) groups excluding carboxylic acids is 2. The molecule has 1 N–H and O–H groups in total. The van der Waals surface area contributed by atoms with Crippen molar-refractivity contribution in [3.63, 3.8) is 0 Å². The van der Waals surface area contributed by atoms with Crippen LogP contribution in [0.2, 0.25) is 0 Å². The lowest BCUT2D eigenvalue weighted by atomic mass is 10.1. The average molecular weight is 284 g/mol. The molecule has 0 aliphatic carbocycles. The van der Waals surface area contributed by atoms with Crippen molar-refractivity contribution in [2.45, 2.75) is 52.6 Å². The molecule has 20 heavy (non-hydrogen) atoms.